The van der Waals surface area contributed by atoms with Gasteiger partial charge in [-0.1, -0.05) is 238 Å². The summed E-state index contributed by atoms with van der Waals surface area (Å²) in [6.45, 7) is 0.891. The molecule has 14 nitrogen and oxygen atoms in total. The van der Waals surface area contributed by atoms with Crippen molar-refractivity contribution in [3.05, 3.63) is 249 Å². The highest BCUT2D eigenvalue weighted by molar-refractivity contribution is 6.30. The van der Waals surface area contributed by atoms with E-state index in [-0.39, 0.29) is 59.3 Å². The van der Waals surface area contributed by atoms with Crippen molar-refractivity contribution in [1.82, 2.24) is 59.9 Å². The van der Waals surface area contributed by atoms with Crippen LogP contribution in [-0.4, -0.2) is 70.1 Å². The summed E-state index contributed by atoms with van der Waals surface area (Å²) in [5, 5.41) is 48.8. The van der Waals surface area contributed by atoms with E-state index >= 15 is 0 Å². The number of tetrazole rings is 2. The van der Waals surface area contributed by atoms with Crippen LogP contribution in [0.5, 0.6) is 0 Å². The van der Waals surface area contributed by atoms with Gasteiger partial charge in [-0.2, -0.15) is 5.21 Å². The number of rotatable bonds is 20. The Labute approximate surface area is 477 Å². The Balaban J connectivity index is 0.000000209. The number of aryl methyl sites for hydroxylation is 2. The van der Waals surface area contributed by atoms with Gasteiger partial charge in [-0.3, -0.25) is 0 Å². The monoisotopic (exact) mass is 1090 g/mol. The van der Waals surface area contributed by atoms with Crippen LogP contribution in [0.25, 0.3) is 45.0 Å². The van der Waals surface area contributed by atoms with E-state index in [1.807, 2.05) is 166 Å². The highest BCUT2D eigenvalue weighted by Gasteiger charge is 2.41. The molecule has 7 aromatic carbocycles. The molecule has 0 aliphatic rings. The van der Waals surface area contributed by atoms with Crippen molar-refractivity contribution in [2.24, 2.45) is 0 Å². The maximum Gasteiger partial charge on any atom is 0.205 e. The van der Waals surface area contributed by atoms with Gasteiger partial charge in [0, 0.05) is 42.4 Å². The van der Waals surface area contributed by atoms with E-state index in [1.165, 1.54) is 9.13 Å². The molecule has 0 aliphatic heterocycles. The summed E-state index contributed by atoms with van der Waals surface area (Å²) in [4.78, 5) is 10.1. The van der Waals surface area contributed by atoms with Crippen molar-refractivity contribution < 1.29 is 18.4 Å². The van der Waals surface area contributed by atoms with Gasteiger partial charge in [0.05, 0.1) is 27.3 Å². The van der Waals surface area contributed by atoms with Crippen LogP contribution in [-0.2, 0) is 44.5 Å². The molecule has 2 unspecified atom stereocenters. The molecule has 0 fully saturated rings. The van der Waals surface area contributed by atoms with Crippen LogP contribution in [0.4, 0.5) is 0 Å². The number of aliphatic hydroxyl groups excluding tert-OH is 2. The van der Waals surface area contributed by atoms with Crippen molar-refractivity contribution in [2.45, 2.75) is 84.1 Å². The molecule has 2 atom stereocenters. The fourth-order valence-corrected chi connectivity index (χ4v) is 10.1. The van der Waals surface area contributed by atoms with Crippen LogP contribution in [0, 0.1) is 0 Å². The molecule has 11 rings (SSSR count). The van der Waals surface area contributed by atoms with E-state index in [0.29, 0.717) is 24.5 Å². The van der Waals surface area contributed by atoms with E-state index in [2.05, 4.69) is 72.1 Å². The highest BCUT2D eigenvalue weighted by atomic mass is 35.5. The van der Waals surface area contributed by atoms with Crippen LogP contribution >= 0.6 is 23.2 Å². The second-order valence-electron chi connectivity index (χ2n) is 18.4. The van der Waals surface area contributed by atoms with Crippen molar-refractivity contribution in [3.8, 4) is 45.0 Å². The number of aromatic nitrogens is 12. The summed E-state index contributed by atoms with van der Waals surface area (Å²) in [7, 11) is 0. The molecule has 0 amide bonds. The van der Waals surface area contributed by atoms with Gasteiger partial charge in [0.25, 0.3) is 0 Å². The molecule has 79 heavy (non-hydrogen) atoms. The van der Waals surface area contributed by atoms with Gasteiger partial charge in [-0.05, 0) is 73.3 Å². The number of nitrogens with one attached hydrogen (secondary N) is 1. The SMILES string of the molecule is [2H]C(O)c1c(Cl)nc(C([2H])([2H])CCC)n1Cc1ccc(-c2ccccc2-c2nn[nH]n2)cc1.[2H]C(O)c1c(Cl)nc(C([2H])([2H])CCC)n1Cc1ccc(-c2ccccc2-c2nnn(C(c3ccccc3)(c3ccccc3)c3ccccc3)n2)cc1. The molecule has 0 radical (unpaired) electrons. The van der Waals surface area contributed by atoms with Crippen LogP contribution in [0.3, 0.4) is 0 Å². The van der Waals surface area contributed by atoms with Crippen molar-refractivity contribution in [2.75, 3.05) is 0 Å². The van der Waals surface area contributed by atoms with Gasteiger partial charge in [0.1, 0.15) is 11.6 Å². The molecule has 0 aliphatic carbocycles. The number of hydrogen-bond donors (Lipinski definition) is 3. The fraction of sp³-hybridized carbons (Fsp3) is 0.206. The Kier molecular flexibility index (Phi) is 15.0. The summed E-state index contributed by atoms with van der Waals surface area (Å²) in [6.07, 6.45) is -1.84. The minimum absolute atomic E-state index is 0.0573. The van der Waals surface area contributed by atoms with Crippen molar-refractivity contribution >= 4 is 23.2 Å². The Morgan fingerprint density at radius 1 is 0.506 bits per heavy atom. The molecule has 11 aromatic rings. The summed E-state index contributed by atoms with van der Waals surface area (Å²) >= 11 is 12.5. The summed E-state index contributed by atoms with van der Waals surface area (Å²) in [5.41, 5.74) is 9.26. The zero-order valence-electron chi connectivity index (χ0n) is 49.4. The topological polar surface area (TPSA) is 174 Å². The van der Waals surface area contributed by atoms with Crippen LogP contribution in [0.1, 0.15) is 98.6 Å². The Morgan fingerprint density at radius 2 is 0.911 bits per heavy atom. The fourth-order valence-electron chi connectivity index (χ4n) is 9.61. The van der Waals surface area contributed by atoms with E-state index < -0.39 is 31.5 Å². The number of benzene rings is 7. The third kappa shape index (κ3) is 11.6. The highest BCUT2D eigenvalue weighted by Crippen LogP contribution is 2.41. The number of H-pyrrole nitrogens is 1. The van der Waals surface area contributed by atoms with Crippen LogP contribution < -0.4 is 0 Å². The van der Waals surface area contributed by atoms with Gasteiger partial charge in [0.15, 0.2) is 15.8 Å². The molecule has 398 valence electrons. The standard InChI is InChI=1S/C41H37ClN6O.C22H23ClN6O/c1-2-3-23-38-43-39(42)37(29-49)47(38)28-30-24-26-31(27-25-30)35-21-13-14-22-36(35)40-44-46-48(45-40)41(32-15-7-4-8-16-32,33-17-9-5-10-18-33)34-19-11-6-12-20-34;1-2-3-8-20-24-21(23)19(14-30)29(20)13-15-9-11-16(12-10-15)17-6-4-5-7-18(17)22-25-27-28-26-22/h4-22,24-27,49H,2-3,23,28-29H2,1H3;4-7,9-12,30H,2-3,8,13-14H2,1H3,(H,25,26,27,28)/i23D2,29D;8D2,14D. The molecule has 0 saturated heterocycles. The van der Waals surface area contributed by atoms with Gasteiger partial charge >= 0.3 is 0 Å². The minimum atomic E-state index is -1.78. The maximum absolute atomic E-state index is 10.2. The van der Waals surface area contributed by atoms with Gasteiger partial charge in [-0.15, -0.1) is 25.2 Å². The predicted molar refractivity (Wildman–Crippen MR) is 310 cm³/mol. The number of nitrogens with zero attached hydrogens (tertiary/aromatic N) is 11. The second-order valence-corrected chi connectivity index (χ2v) is 19.2. The normalized spacial score (nSPS) is 13.7. The lowest BCUT2D eigenvalue weighted by Crippen LogP contribution is -2.39. The first kappa shape index (κ1) is 46.7. The molecule has 4 heterocycles. The number of aliphatic hydroxyl groups is 2. The molecule has 0 spiro atoms. The van der Waals surface area contributed by atoms with E-state index in [4.69, 9.17) is 41.7 Å². The molecule has 0 bridgehead atoms. The lowest BCUT2D eigenvalue weighted by atomic mass is 9.77. The van der Waals surface area contributed by atoms with E-state index in [9.17, 15) is 10.2 Å². The lowest BCUT2D eigenvalue weighted by Gasteiger charge is -2.34. The van der Waals surface area contributed by atoms with E-state index in [1.54, 1.807) is 4.80 Å². The Hall–Kier alpha value is -8.40. The first-order valence-corrected chi connectivity index (χ1v) is 26.6. The minimum Gasteiger partial charge on any atom is -0.390 e. The molecule has 16 heteroatoms. The quantitative estimate of drug-likeness (QED) is 0.0623. The lowest BCUT2D eigenvalue weighted by molar-refractivity contribution is 0.271. The maximum atomic E-state index is 10.2. The summed E-state index contributed by atoms with van der Waals surface area (Å²) < 4.78 is 52.9. The zero-order valence-corrected chi connectivity index (χ0v) is 44.9. The Bertz CT molecular complexity index is 3880. The van der Waals surface area contributed by atoms with Crippen LogP contribution in [0.15, 0.2) is 188 Å². The summed E-state index contributed by atoms with van der Waals surface area (Å²) in [5.74, 6) is 1.18. The largest absolute Gasteiger partial charge is 0.390 e. The van der Waals surface area contributed by atoms with Gasteiger partial charge < -0.3 is 19.3 Å². The number of imidazole rings is 2. The first-order chi connectivity index (χ1) is 41.0. The zero-order chi connectivity index (χ0) is 59.9. The van der Waals surface area contributed by atoms with Gasteiger partial charge in [0.2, 0.25) is 11.6 Å². The molecule has 3 N–H and O–H groups in total. The molecular weight excluding hydrogens is 1030 g/mol. The van der Waals surface area contributed by atoms with E-state index in [0.717, 1.165) is 61.2 Å². The van der Waals surface area contributed by atoms with Crippen molar-refractivity contribution in [1.29, 1.82) is 0 Å². The Morgan fingerprint density at radius 3 is 1.30 bits per heavy atom. The molecule has 4 aromatic heterocycles. The third-order valence-corrected chi connectivity index (χ3v) is 14.0. The molecule has 0 saturated carbocycles. The predicted octanol–water partition coefficient (Wildman–Crippen LogP) is 12.8. The summed E-state index contributed by atoms with van der Waals surface area (Å²) in [6, 6.07) is 61.9. The first-order valence-electron chi connectivity index (χ1n) is 29.0. The third-order valence-electron chi connectivity index (χ3n) is 13.4. The smallest absolute Gasteiger partial charge is 0.205 e. The molecular formula is C63H60Cl2N12O2. The number of halogens is 2. The van der Waals surface area contributed by atoms with Gasteiger partial charge in [-0.25, -0.2) is 9.97 Å². The average molecular weight is 1090 g/mol. The average Bonchev–Trinajstić information content (AvgIpc) is 1.99. The van der Waals surface area contributed by atoms with Crippen LogP contribution in [0.2, 0.25) is 10.3 Å². The van der Waals surface area contributed by atoms with Crippen molar-refractivity contribution in [3.63, 3.8) is 0 Å². The number of hydrogen-bond acceptors (Lipinski definition) is 10. The second kappa shape index (κ2) is 25.4. The number of aromatic amines is 1.